The van der Waals surface area contributed by atoms with E-state index in [0.717, 1.165) is 10.4 Å². The molecule has 1 aromatic heterocycles. The van der Waals surface area contributed by atoms with Crippen molar-refractivity contribution >= 4 is 24.9 Å². The molecule has 4 heteroatoms. The van der Waals surface area contributed by atoms with Crippen molar-refractivity contribution in [2.24, 2.45) is 0 Å². The number of aromatic nitrogens is 1. The van der Waals surface area contributed by atoms with E-state index in [1.807, 2.05) is 12.3 Å². The molecule has 8 heavy (non-hydrogen) atoms. The molecule has 1 rings (SSSR count). The summed E-state index contributed by atoms with van der Waals surface area (Å²) in [5.74, 6) is 0. The first-order valence-electron chi connectivity index (χ1n) is 2.15. The summed E-state index contributed by atoms with van der Waals surface area (Å²) in [6.45, 7) is 1.92. The predicted molar refractivity (Wildman–Crippen MR) is 37.0 cm³/mol. The molecule has 1 heterocycles. The van der Waals surface area contributed by atoms with E-state index < -0.39 is 0 Å². The van der Waals surface area contributed by atoms with Crippen LogP contribution in [0.25, 0.3) is 0 Å². The molecular formula is C4H6NOPS. The van der Waals surface area contributed by atoms with Crippen LogP contribution in [0.1, 0.15) is 5.69 Å². The minimum absolute atomic E-state index is 0.142. The van der Waals surface area contributed by atoms with E-state index >= 15 is 0 Å². The van der Waals surface area contributed by atoms with Crippen LogP contribution < -0.4 is 4.75 Å². The first-order chi connectivity index (χ1) is 3.83. The summed E-state index contributed by atoms with van der Waals surface area (Å²) in [5.41, 5.74) is 0.992. The van der Waals surface area contributed by atoms with E-state index in [1.165, 1.54) is 11.3 Å². The van der Waals surface area contributed by atoms with Crippen LogP contribution in [0.15, 0.2) is 5.38 Å². The maximum Gasteiger partial charge on any atom is 0.139 e. The number of hydrogen-bond donors (Lipinski definition) is 1. The fourth-order valence-corrected chi connectivity index (χ4v) is 1.55. The van der Waals surface area contributed by atoms with Crippen LogP contribution in [0.3, 0.4) is 0 Å². The smallest absolute Gasteiger partial charge is 0.139 e. The van der Waals surface area contributed by atoms with Gasteiger partial charge in [0.25, 0.3) is 0 Å². The molecule has 0 amide bonds. The maximum absolute atomic E-state index is 8.53. The summed E-state index contributed by atoms with van der Waals surface area (Å²) in [6, 6.07) is 0. The Morgan fingerprint density at radius 3 is 2.88 bits per heavy atom. The van der Waals surface area contributed by atoms with Gasteiger partial charge in [0, 0.05) is 11.1 Å². The van der Waals surface area contributed by atoms with Gasteiger partial charge in [-0.25, -0.2) is 4.98 Å². The van der Waals surface area contributed by atoms with Crippen LogP contribution in [-0.2, 0) is 0 Å². The van der Waals surface area contributed by atoms with Crippen molar-refractivity contribution in [3.05, 3.63) is 11.1 Å². The first-order valence-corrected chi connectivity index (χ1v) is 3.98. The fourth-order valence-electron chi connectivity index (χ4n) is 0.405. The molecule has 0 radical (unpaired) electrons. The van der Waals surface area contributed by atoms with Gasteiger partial charge in [-0.2, -0.15) is 0 Å². The second-order valence-electron chi connectivity index (χ2n) is 1.41. The van der Waals surface area contributed by atoms with Gasteiger partial charge in [0.05, 0.1) is 8.81 Å². The van der Waals surface area contributed by atoms with Crippen molar-refractivity contribution in [1.82, 2.24) is 4.98 Å². The second kappa shape index (κ2) is 2.53. The molecule has 1 atom stereocenters. The lowest BCUT2D eigenvalue weighted by molar-refractivity contribution is 0.654. The van der Waals surface area contributed by atoms with Gasteiger partial charge >= 0.3 is 0 Å². The minimum Gasteiger partial charge on any atom is -0.370 e. The van der Waals surface area contributed by atoms with E-state index in [4.69, 9.17) is 4.89 Å². The SMILES string of the molecule is Cc1csc(PO)n1. The number of hydrogen-bond acceptors (Lipinski definition) is 3. The number of aryl methyl sites for hydroxylation is 1. The van der Waals surface area contributed by atoms with Crippen LogP contribution >= 0.6 is 20.1 Å². The molecule has 0 aliphatic carbocycles. The topological polar surface area (TPSA) is 33.1 Å². The standard InChI is InChI=1S/C4H6NOPS/c1-3-2-8-4(5-3)7-6/h2,6-7H,1H3. The van der Waals surface area contributed by atoms with E-state index in [1.54, 1.807) is 0 Å². The Balaban J connectivity index is 2.84. The highest BCUT2D eigenvalue weighted by atomic mass is 32.1. The Hall–Kier alpha value is 0.0200. The van der Waals surface area contributed by atoms with Gasteiger partial charge in [-0.3, -0.25) is 0 Å². The quantitative estimate of drug-likeness (QED) is 0.592. The molecule has 0 bridgehead atoms. The average Bonchev–Trinajstić information content (AvgIpc) is 2.14. The van der Waals surface area contributed by atoms with Crippen molar-refractivity contribution < 1.29 is 4.89 Å². The van der Waals surface area contributed by atoms with Gasteiger partial charge < -0.3 is 4.89 Å². The minimum atomic E-state index is -0.142. The summed E-state index contributed by atoms with van der Waals surface area (Å²) in [6.07, 6.45) is 0. The van der Waals surface area contributed by atoms with Gasteiger partial charge in [0.15, 0.2) is 0 Å². The van der Waals surface area contributed by atoms with Crippen molar-refractivity contribution in [2.45, 2.75) is 6.92 Å². The third-order valence-electron chi connectivity index (χ3n) is 0.715. The molecule has 2 nitrogen and oxygen atoms in total. The summed E-state index contributed by atoms with van der Waals surface area (Å²) in [4.78, 5) is 12.5. The molecule has 0 aliphatic rings. The normalized spacial score (nSPS) is 11.2. The molecule has 1 aromatic rings. The van der Waals surface area contributed by atoms with Crippen molar-refractivity contribution in [3.8, 4) is 0 Å². The number of nitrogens with zero attached hydrogens (tertiary/aromatic N) is 1. The molecule has 0 aliphatic heterocycles. The van der Waals surface area contributed by atoms with Crippen LogP contribution in [-0.4, -0.2) is 9.88 Å². The van der Waals surface area contributed by atoms with Crippen molar-refractivity contribution in [1.29, 1.82) is 0 Å². The predicted octanol–water partition coefficient (Wildman–Crippen LogP) is 0.663. The summed E-state index contributed by atoms with van der Waals surface area (Å²) >= 11 is 1.50. The number of thiazole rings is 1. The molecule has 1 unspecified atom stereocenters. The van der Waals surface area contributed by atoms with Crippen LogP contribution in [0.4, 0.5) is 0 Å². The van der Waals surface area contributed by atoms with Gasteiger partial charge in [-0.05, 0) is 6.92 Å². The Morgan fingerprint density at radius 2 is 2.62 bits per heavy atom. The monoisotopic (exact) mass is 147 g/mol. The largest absolute Gasteiger partial charge is 0.370 e. The number of rotatable bonds is 1. The average molecular weight is 147 g/mol. The van der Waals surface area contributed by atoms with Gasteiger partial charge in [-0.1, -0.05) is 0 Å². The van der Waals surface area contributed by atoms with Crippen molar-refractivity contribution in [3.63, 3.8) is 0 Å². The molecule has 0 aromatic carbocycles. The first kappa shape index (κ1) is 6.14. The highest BCUT2D eigenvalue weighted by Crippen LogP contribution is 2.07. The zero-order valence-corrected chi connectivity index (χ0v) is 6.20. The Bertz CT molecular complexity index is 176. The Kier molecular flexibility index (Phi) is 1.95. The van der Waals surface area contributed by atoms with Gasteiger partial charge in [0.2, 0.25) is 0 Å². The summed E-state index contributed by atoms with van der Waals surface area (Å²) in [5, 5.41) is 1.93. The van der Waals surface area contributed by atoms with Crippen molar-refractivity contribution in [2.75, 3.05) is 0 Å². The third kappa shape index (κ3) is 1.25. The van der Waals surface area contributed by atoms with Gasteiger partial charge in [-0.15, -0.1) is 11.3 Å². The van der Waals surface area contributed by atoms with E-state index in [9.17, 15) is 0 Å². The third-order valence-corrected chi connectivity index (χ3v) is 2.42. The lowest BCUT2D eigenvalue weighted by atomic mass is 10.6. The van der Waals surface area contributed by atoms with Crippen LogP contribution in [0, 0.1) is 6.92 Å². The summed E-state index contributed by atoms with van der Waals surface area (Å²) in [7, 11) is -0.142. The maximum atomic E-state index is 8.53. The Morgan fingerprint density at radius 1 is 1.88 bits per heavy atom. The molecule has 44 valence electrons. The highest BCUT2D eigenvalue weighted by molar-refractivity contribution is 7.51. The van der Waals surface area contributed by atoms with E-state index in [0.29, 0.717) is 0 Å². The molecular weight excluding hydrogens is 141 g/mol. The van der Waals surface area contributed by atoms with Crippen LogP contribution in [0.2, 0.25) is 0 Å². The molecule has 0 saturated heterocycles. The van der Waals surface area contributed by atoms with E-state index in [-0.39, 0.29) is 8.81 Å². The highest BCUT2D eigenvalue weighted by Gasteiger charge is 1.92. The van der Waals surface area contributed by atoms with Crippen LogP contribution in [0.5, 0.6) is 0 Å². The molecule has 0 spiro atoms. The molecule has 0 fully saturated rings. The zero-order valence-electron chi connectivity index (χ0n) is 4.38. The lowest BCUT2D eigenvalue weighted by Crippen LogP contribution is -1.88. The fraction of sp³-hybridized carbons (Fsp3) is 0.250. The molecule has 1 N–H and O–H groups in total. The lowest BCUT2D eigenvalue weighted by Gasteiger charge is -1.78. The van der Waals surface area contributed by atoms with E-state index in [2.05, 4.69) is 4.98 Å². The second-order valence-corrected chi connectivity index (χ2v) is 3.32. The van der Waals surface area contributed by atoms with Gasteiger partial charge in [0.1, 0.15) is 4.75 Å². The molecule has 0 saturated carbocycles. The zero-order chi connectivity index (χ0) is 5.98. The summed E-state index contributed by atoms with van der Waals surface area (Å²) < 4.78 is 0.822. The Labute approximate surface area is 53.5 Å².